The molecule has 0 saturated carbocycles. The fraction of sp³-hybridized carbons (Fsp3) is 0.409. The van der Waals surface area contributed by atoms with E-state index in [1.807, 2.05) is 12.1 Å². The second kappa shape index (κ2) is 11.3. The number of hydrogen-bond donors (Lipinski definition) is 3. The summed E-state index contributed by atoms with van der Waals surface area (Å²) in [5.41, 5.74) is 7.10. The van der Waals surface area contributed by atoms with Gasteiger partial charge in [-0.1, -0.05) is 24.6 Å². The van der Waals surface area contributed by atoms with E-state index >= 15 is 0 Å². The number of aliphatic hydroxyl groups excluding tert-OH is 1. The third-order valence-corrected chi connectivity index (χ3v) is 5.17. The third kappa shape index (κ3) is 6.32. The first-order valence-corrected chi connectivity index (χ1v) is 10.5. The quantitative estimate of drug-likeness (QED) is 0.275. The van der Waals surface area contributed by atoms with E-state index in [1.165, 1.54) is 12.1 Å². The summed E-state index contributed by atoms with van der Waals surface area (Å²) in [6, 6.07) is 10.8. The van der Waals surface area contributed by atoms with Crippen molar-refractivity contribution in [2.45, 2.75) is 38.4 Å². The molecular weight excluding hydrogens is 416 g/mol. The Balaban J connectivity index is 1.74. The summed E-state index contributed by atoms with van der Waals surface area (Å²) in [5.74, 6) is 1.27. The van der Waals surface area contributed by atoms with Gasteiger partial charge in [0.25, 0.3) is 5.69 Å². The van der Waals surface area contributed by atoms with Gasteiger partial charge in [0.15, 0.2) is 11.5 Å². The molecule has 1 aliphatic rings. The van der Waals surface area contributed by atoms with Crippen LogP contribution in [-0.4, -0.2) is 46.9 Å². The van der Waals surface area contributed by atoms with Gasteiger partial charge in [-0.15, -0.1) is 0 Å². The first kappa shape index (κ1) is 23.3. The maximum Gasteiger partial charge on any atom is 0.318 e. The van der Waals surface area contributed by atoms with Crippen LogP contribution in [0.25, 0.3) is 0 Å². The number of carbonyl (C=O) groups is 1. The second-order valence-corrected chi connectivity index (χ2v) is 7.58. The molecule has 10 heteroatoms. The van der Waals surface area contributed by atoms with Crippen molar-refractivity contribution in [3.05, 3.63) is 63.7 Å². The number of nitrogens with two attached hydrogens (primary N) is 1. The first-order chi connectivity index (χ1) is 15.5. The number of benzene rings is 2. The number of urea groups is 1. The van der Waals surface area contributed by atoms with Gasteiger partial charge in [0.1, 0.15) is 0 Å². The minimum absolute atomic E-state index is 0.0132. The Labute approximate surface area is 186 Å². The number of hydrogen-bond acceptors (Lipinski definition) is 7. The lowest BCUT2D eigenvalue weighted by Gasteiger charge is -2.26. The van der Waals surface area contributed by atoms with Crippen LogP contribution in [-0.2, 0) is 13.1 Å². The topological polar surface area (TPSA) is 140 Å². The molecule has 0 radical (unpaired) electrons. The summed E-state index contributed by atoms with van der Waals surface area (Å²) in [6.45, 7) is 1.06. The minimum atomic E-state index is -0.464. The van der Waals surface area contributed by atoms with E-state index in [0.717, 1.165) is 24.0 Å². The largest absolute Gasteiger partial charge is 0.454 e. The molecule has 172 valence electrons. The predicted molar refractivity (Wildman–Crippen MR) is 117 cm³/mol. The Bertz CT molecular complexity index is 921. The molecular formula is C22H28N4O6. The zero-order chi connectivity index (χ0) is 22.9. The molecule has 10 nitrogen and oxygen atoms in total. The van der Waals surface area contributed by atoms with Crippen molar-refractivity contribution in [2.75, 3.05) is 19.9 Å². The summed E-state index contributed by atoms with van der Waals surface area (Å²) in [6.07, 6.45) is 2.23. The first-order valence-electron chi connectivity index (χ1n) is 10.5. The zero-order valence-corrected chi connectivity index (χ0v) is 17.7. The highest BCUT2D eigenvalue weighted by Gasteiger charge is 2.21. The van der Waals surface area contributed by atoms with Crippen LogP contribution >= 0.6 is 0 Å². The van der Waals surface area contributed by atoms with Crippen molar-refractivity contribution in [1.82, 2.24) is 10.2 Å². The summed E-state index contributed by atoms with van der Waals surface area (Å²) >= 11 is 0. The van der Waals surface area contributed by atoms with Crippen molar-refractivity contribution in [1.29, 1.82) is 0 Å². The standard InChI is InChI=1S/C22H28N4O6/c23-10-2-1-3-18(14-27)24-22(28)25(12-16-4-7-19(8-5-16)26(29)30)13-17-6-9-20-21(11-17)32-15-31-20/h4-9,11,18,27H,1-3,10,12-15,23H2,(H,24,28). The maximum absolute atomic E-state index is 13.1. The van der Waals surface area contributed by atoms with Gasteiger partial charge in [0.05, 0.1) is 17.6 Å². The molecule has 0 fully saturated rings. The molecule has 32 heavy (non-hydrogen) atoms. The number of nitrogens with zero attached hydrogens (tertiary/aromatic N) is 2. The number of nitro benzene ring substituents is 1. The molecule has 2 aromatic rings. The Morgan fingerprint density at radius 2 is 1.81 bits per heavy atom. The molecule has 2 amide bonds. The Morgan fingerprint density at radius 1 is 1.12 bits per heavy atom. The van der Waals surface area contributed by atoms with Crippen molar-refractivity contribution in [3.63, 3.8) is 0 Å². The number of fused-ring (bicyclic) bond motifs is 1. The van der Waals surface area contributed by atoms with Gasteiger partial charge in [-0.25, -0.2) is 4.79 Å². The average molecular weight is 444 g/mol. The third-order valence-electron chi connectivity index (χ3n) is 5.17. The number of unbranched alkanes of at least 4 members (excludes halogenated alkanes) is 1. The lowest BCUT2D eigenvalue weighted by molar-refractivity contribution is -0.384. The van der Waals surface area contributed by atoms with Crippen molar-refractivity contribution < 1.29 is 24.3 Å². The van der Waals surface area contributed by atoms with Gasteiger partial charge in [0, 0.05) is 25.2 Å². The van der Waals surface area contributed by atoms with E-state index in [0.29, 0.717) is 24.5 Å². The normalized spacial score (nSPS) is 12.9. The van der Waals surface area contributed by atoms with Gasteiger partial charge in [-0.05, 0) is 42.6 Å². The van der Waals surface area contributed by atoms with Crippen LogP contribution in [0.1, 0.15) is 30.4 Å². The molecule has 1 atom stereocenters. The molecule has 1 heterocycles. The number of nitro groups is 1. The minimum Gasteiger partial charge on any atom is -0.454 e. The summed E-state index contributed by atoms with van der Waals surface area (Å²) in [5, 5.41) is 23.5. The number of aliphatic hydroxyl groups is 1. The van der Waals surface area contributed by atoms with Crippen LogP contribution in [0.3, 0.4) is 0 Å². The predicted octanol–water partition coefficient (Wildman–Crippen LogP) is 2.53. The number of non-ortho nitro benzene ring substituents is 1. The van der Waals surface area contributed by atoms with Gasteiger partial charge in [0.2, 0.25) is 6.79 Å². The number of rotatable bonds is 11. The highest BCUT2D eigenvalue weighted by Crippen LogP contribution is 2.33. The van der Waals surface area contributed by atoms with E-state index < -0.39 is 4.92 Å². The van der Waals surface area contributed by atoms with Crippen molar-refractivity contribution >= 4 is 11.7 Å². The molecule has 0 bridgehead atoms. The second-order valence-electron chi connectivity index (χ2n) is 7.58. The van der Waals surface area contributed by atoms with Gasteiger partial charge >= 0.3 is 6.03 Å². The molecule has 2 aromatic carbocycles. The molecule has 0 aromatic heterocycles. The molecule has 3 rings (SSSR count). The highest BCUT2D eigenvalue weighted by molar-refractivity contribution is 5.74. The fourth-order valence-electron chi connectivity index (χ4n) is 3.41. The van der Waals surface area contributed by atoms with E-state index in [4.69, 9.17) is 15.2 Å². The van der Waals surface area contributed by atoms with E-state index in [2.05, 4.69) is 5.32 Å². The summed E-state index contributed by atoms with van der Waals surface area (Å²) in [4.78, 5) is 25.1. The van der Waals surface area contributed by atoms with E-state index in [1.54, 1.807) is 23.1 Å². The van der Waals surface area contributed by atoms with E-state index in [9.17, 15) is 20.0 Å². The number of amides is 2. The summed E-state index contributed by atoms with van der Waals surface area (Å²) in [7, 11) is 0. The Hall–Kier alpha value is -3.37. The van der Waals surface area contributed by atoms with Gasteiger partial charge in [-0.2, -0.15) is 0 Å². The van der Waals surface area contributed by atoms with Crippen LogP contribution in [0, 0.1) is 10.1 Å². The van der Waals surface area contributed by atoms with Crippen LogP contribution in [0.15, 0.2) is 42.5 Å². The molecule has 4 N–H and O–H groups in total. The fourth-order valence-corrected chi connectivity index (χ4v) is 3.41. The monoisotopic (exact) mass is 444 g/mol. The zero-order valence-electron chi connectivity index (χ0n) is 17.7. The lowest BCUT2D eigenvalue weighted by atomic mass is 10.1. The number of nitrogens with one attached hydrogen (secondary N) is 1. The summed E-state index contributed by atoms with van der Waals surface area (Å²) < 4.78 is 10.8. The van der Waals surface area contributed by atoms with Crippen LogP contribution < -0.4 is 20.5 Å². The van der Waals surface area contributed by atoms with Crippen molar-refractivity contribution in [3.8, 4) is 11.5 Å². The Morgan fingerprint density at radius 3 is 2.50 bits per heavy atom. The lowest BCUT2D eigenvalue weighted by Crippen LogP contribution is -2.45. The SMILES string of the molecule is NCCCCC(CO)NC(=O)N(Cc1ccc([N+](=O)[O-])cc1)Cc1ccc2c(c1)OCO2. The smallest absolute Gasteiger partial charge is 0.318 e. The molecule has 1 unspecified atom stereocenters. The van der Waals surface area contributed by atoms with Crippen LogP contribution in [0.4, 0.5) is 10.5 Å². The molecule has 0 saturated heterocycles. The van der Waals surface area contributed by atoms with Gasteiger partial charge in [-0.3, -0.25) is 10.1 Å². The molecule has 0 aliphatic carbocycles. The molecule has 1 aliphatic heterocycles. The van der Waals surface area contributed by atoms with Gasteiger partial charge < -0.3 is 30.5 Å². The van der Waals surface area contributed by atoms with Crippen LogP contribution in [0.5, 0.6) is 11.5 Å². The molecule has 0 spiro atoms. The average Bonchev–Trinajstić information content (AvgIpc) is 3.26. The van der Waals surface area contributed by atoms with Crippen LogP contribution in [0.2, 0.25) is 0 Å². The Kier molecular flexibility index (Phi) is 8.23. The number of carbonyl (C=O) groups excluding carboxylic acids is 1. The maximum atomic E-state index is 13.1. The number of ether oxygens (including phenoxy) is 2. The van der Waals surface area contributed by atoms with E-state index in [-0.39, 0.29) is 44.2 Å². The highest BCUT2D eigenvalue weighted by atomic mass is 16.7. The van der Waals surface area contributed by atoms with Crippen molar-refractivity contribution in [2.24, 2.45) is 5.73 Å².